The summed E-state index contributed by atoms with van der Waals surface area (Å²) in [6, 6.07) is 0.296. The first-order valence-corrected chi connectivity index (χ1v) is 11.4. The zero-order chi connectivity index (χ0) is 20.7. The summed E-state index contributed by atoms with van der Waals surface area (Å²) in [6.07, 6.45) is 8.04. The van der Waals surface area contributed by atoms with E-state index in [1.54, 1.807) is 6.20 Å². The van der Waals surface area contributed by atoms with Crippen LogP contribution < -0.4 is 15.4 Å². The number of carbonyl (C=O) groups is 1. The second-order valence-electron chi connectivity index (χ2n) is 9.66. The van der Waals surface area contributed by atoms with Gasteiger partial charge >= 0.3 is 0 Å². The van der Waals surface area contributed by atoms with Crippen molar-refractivity contribution in [2.24, 2.45) is 17.8 Å². The molecule has 3 N–H and O–H groups in total. The molecule has 0 aromatic carbocycles. The molecular weight excluding hydrogens is 384 g/mol. The van der Waals surface area contributed by atoms with Crippen LogP contribution in [0.3, 0.4) is 0 Å². The number of ether oxygens (including phenoxy) is 2. The third-order valence-corrected chi connectivity index (χ3v) is 7.24. The zero-order valence-electron chi connectivity index (χ0n) is 17.6. The largest absolute Gasteiger partial charge is 0.477 e. The van der Waals surface area contributed by atoms with Gasteiger partial charge in [0.05, 0.1) is 24.9 Å². The van der Waals surface area contributed by atoms with E-state index in [4.69, 9.17) is 9.47 Å². The van der Waals surface area contributed by atoms with Crippen molar-refractivity contribution in [1.82, 2.24) is 15.3 Å². The molecular formula is C22H32N4O4. The number of aromatic nitrogens is 2. The van der Waals surface area contributed by atoms with Gasteiger partial charge in [0.25, 0.3) is 5.91 Å². The van der Waals surface area contributed by atoms with Gasteiger partial charge in [0, 0.05) is 18.8 Å². The maximum absolute atomic E-state index is 13.2. The van der Waals surface area contributed by atoms with Gasteiger partial charge in [-0.05, 0) is 62.7 Å². The van der Waals surface area contributed by atoms with Gasteiger partial charge in [0.2, 0.25) is 11.8 Å². The number of aliphatic hydroxyl groups is 1. The van der Waals surface area contributed by atoms with E-state index in [0.717, 1.165) is 51.6 Å². The minimum atomic E-state index is -0.506. The van der Waals surface area contributed by atoms with Crippen molar-refractivity contribution in [2.45, 2.75) is 69.6 Å². The number of nitrogens with zero attached hydrogens (tertiary/aromatic N) is 2. The third-order valence-electron chi connectivity index (χ3n) is 7.24. The van der Waals surface area contributed by atoms with Crippen LogP contribution in [-0.4, -0.2) is 58.5 Å². The number of carbonyl (C=O) groups excluding carboxylic acids is 1. The molecule has 0 radical (unpaired) electrons. The first-order valence-electron chi connectivity index (χ1n) is 11.4. The van der Waals surface area contributed by atoms with Crippen LogP contribution in [0.25, 0.3) is 0 Å². The topological polar surface area (TPSA) is 106 Å². The molecule has 164 valence electrons. The molecule has 1 aliphatic heterocycles. The maximum Gasteiger partial charge on any atom is 0.258 e. The van der Waals surface area contributed by atoms with Crippen LogP contribution in [0.5, 0.6) is 5.88 Å². The molecule has 30 heavy (non-hydrogen) atoms. The first kappa shape index (κ1) is 20.0. The van der Waals surface area contributed by atoms with Crippen molar-refractivity contribution in [2.75, 3.05) is 25.1 Å². The highest BCUT2D eigenvalue weighted by molar-refractivity contribution is 5.96. The van der Waals surface area contributed by atoms with Crippen molar-refractivity contribution in [3.05, 3.63) is 11.8 Å². The fourth-order valence-corrected chi connectivity index (χ4v) is 6.18. The van der Waals surface area contributed by atoms with Crippen LogP contribution in [0.1, 0.15) is 62.2 Å². The summed E-state index contributed by atoms with van der Waals surface area (Å²) in [5.74, 6) is 1.93. The Morgan fingerprint density at radius 3 is 2.80 bits per heavy atom. The quantitative estimate of drug-likeness (QED) is 0.625. The van der Waals surface area contributed by atoms with Crippen LogP contribution in [0.4, 0.5) is 5.95 Å². The Morgan fingerprint density at radius 2 is 2.13 bits per heavy atom. The van der Waals surface area contributed by atoms with E-state index in [0.29, 0.717) is 48.4 Å². The third kappa shape index (κ3) is 3.87. The van der Waals surface area contributed by atoms with Crippen LogP contribution in [-0.2, 0) is 4.74 Å². The lowest BCUT2D eigenvalue weighted by atomic mass is 9.52. The number of nitrogens with one attached hydrogen (secondary N) is 2. The fourth-order valence-electron chi connectivity index (χ4n) is 6.18. The monoisotopic (exact) mass is 416 g/mol. The van der Waals surface area contributed by atoms with Gasteiger partial charge in [-0.25, -0.2) is 4.98 Å². The summed E-state index contributed by atoms with van der Waals surface area (Å²) in [5, 5.41) is 17.3. The van der Waals surface area contributed by atoms with Gasteiger partial charge in [-0.1, -0.05) is 6.92 Å². The molecule has 3 atom stereocenters. The molecule has 4 saturated carbocycles. The Morgan fingerprint density at radius 1 is 1.33 bits per heavy atom. The second-order valence-corrected chi connectivity index (χ2v) is 9.66. The predicted molar refractivity (Wildman–Crippen MR) is 110 cm³/mol. The average molecular weight is 417 g/mol. The molecule has 1 aromatic rings. The molecule has 1 aromatic heterocycles. The smallest absolute Gasteiger partial charge is 0.258 e. The van der Waals surface area contributed by atoms with Crippen LogP contribution >= 0.6 is 0 Å². The first-order chi connectivity index (χ1) is 14.5. The van der Waals surface area contributed by atoms with Gasteiger partial charge in [0.1, 0.15) is 5.56 Å². The lowest BCUT2D eigenvalue weighted by Gasteiger charge is -2.58. The Kier molecular flexibility index (Phi) is 5.31. The predicted octanol–water partition coefficient (Wildman–Crippen LogP) is 2.14. The molecule has 5 fully saturated rings. The maximum atomic E-state index is 13.2. The van der Waals surface area contributed by atoms with E-state index < -0.39 is 5.60 Å². The lowest BCUT2D eigenvalue weighted by Crippen LogP contribution is -2.61. The molecule has 2 unspecified atom stereocenters. The van der Waals surface area contributed by atoms with E-state index in [2.05, 4.69) is 20.6 Å². The molecule has 1 saturated heterocycles. The minimum Gasteiger partial charge on any atom is -0.477 e. The molecule has 4 bridgehead atoms. The number of hydrogen-bond donors (Lipinski definition) is 3. The molecule has 0 spiro atoms. The van der Waals surface area contributed by atoms with Crippen LogP contribution in [0.15, 0.2) is 6.20 Å². The Bertz CT molecular complexity index is 781. The van der Waals surface area contributed by atoms with Crippen molar-refractivity contribution in [3.8, 4) is 5.88 Å². The van der Waals surface area contributed by atoms with E-state index in [1.807, 2.05) is 6.92 Å². The Balaban J connectivity index is 1.31. The zero-order valence-corrected chi connectivity index (χ0v) is 17.6. The highest BCUT2D eigenvalue weighted by atomic mass is 16.5. The minimum absolute atomic E-state index is 0.113. The van der Waals surface area contributed by atoms with E-state index in [1.165, 1.54) is 0 Å². The molecule has 6 rings (SSSR count). The normalized spacial score (nSPS) is 36.7. The van der Waals surface area contributed by atoms with Gasteiger partial charge in [0.15, 0.2) is 0 Å². The number of hydrogen-bond acceptors (Lipinski definition) is 7. The average Bonchev–Trinajstić information content (AvgIpc) is 3.21. The summed E-state index contributed by atoms with van der Waals surface area (Å²) in [7, 11) is 0. The van der Waals surface area contributed by atoms with Crippen molar-refractivity contribution < 1.29 is 19.4 Å². The summed E-state index contributed by atoms with van der Waals surface area (Å²) < 4.78 is 11.2. The van der Waals surface area contributed by atoms with E-state index in [9.17, 15) is 9.90 Å². The van der Waals surface area contributed by atoms with E-state index in [-0.39, 0.29) is 18.0 Å². The number of rotatable bonds is 7. The number of anilines is 1. The van der Waals surface area contributed by atoms with E-state index >= 15 is 0 Å². The fraction of sp³-hybridized carbons (Fsp3) is 0.773. The number of amides is 1. The Hall–Kier alpha value is -1.93. The van der Waals surface area contributed by atoms with Crippen LogP contribution in [0, 0.1) is 17.8 Å². The van der Waals surface area contributed by atoms with Crippen LogP contribution in [0.2, 0.25) is 0 Å². The lowest BCUT2D eigenvalue weighted by molar-refractivity contribution is -0.136. The molecule has 8 nitrogen and oxygen atoms in total. The summed E-state index contributed by atoms with van der Waals surface area (Å²) in [5.41, 5.74) is -0.128. The Labute approximate surface area is 177 Å². The standard InChI is InChI=1S/C22H32N4O4/c1-2-4-30-20-17(11-23-21(26-20)24-16-3-5-29-12-16)19(27)25-18-14-6-13-7-15(18)10-22(28,8-13)9-14/h11,13-16,18,28H,2-10,12H2,1H3,(H,25,27)(H,23,24,26)/t13?,14?,15?,16-,18?,22?/m0/s1. The summed E-state index contributed by atoms with van der Waals surface area (Å²) in [4.78, 5) is 22.0. The molecule has 1 amide bonds. The van der Waals surface area contributed by atoms with Crippen molar-refractivity contribution in [3.63, 3.8) is 0 Å². The van der Waals surface area contributed by atoms with Gasteiger partial charge < -0.3 is 25.2 Å². The van der Waals surface area contributed by atoms with Crippen molar-refractivity contribution in [1.29, 1.82) is 0 Å². The van der Waals surface area contributed by atoms with Crippen molar-refractivity contribution >= 4 is 11.9 Å². The SMILES string of the molecule is CCCOc1nc(N[C@H]2CCOC2)ncc1C(=O)NC1C2CC3CC1CC(O)(C3)C2. The summed E-state index contributed by atoms with van der Waals surface area (Å²) >= 11 is 0. The molecule has 5 aliphatic rings. The van der Waals surface area contributed by atoms with Gasteiger partial charge in [-0.15, -0.1) is 0 Å². The molecule has 8 heteroatoms. The van der Waals surface area contributed by atoms with Gasteiger partial charge in [-0.2, -0.15) is 4.98 Å². The van der Waals surface area contributed by atoms with Gasteiger partial charge in [-0.3, -0.25) is 4.79 Å². The molecule has 4 aliphatic carbocycles. The second kappa shape index (κ2) is 7.96. The molecule has 2 heterocycles. The highest BCUT2D eigenvalue weighted by Gasteiger charge is 2.55. The summed E-state index contributed by atoms with van der Waals surface area (Å²) in [6.45, 7) is 3.88. The highest BCUT2D eigenvalue weighted by Crippen LogP contribution is 2.55.